The van der Waals surface area contributed by atoms with Crippen LogP contribution in [0.4, 0.5) is 17.5 Å². The van der Waals surface area contributed by atoms with Crippen LogP contribution in [0.15, 0.2) is 30.5 Å². The highest BCUT2D eigenvalue weighted by Gasteiger charge is 2.20. The van der Waals surface area contributed by atoms with Gasteiger partial charge in [-0.1, -0.05) is 12.1 Å². The molecule has 1 aromatic carbocycles. The fourth-order valence-corrected chi connectivity index (χ4v) is 3.03. The van der Waals surface area contributed by atoms with Gasteiger partial charge in [0.15, 0.2) is 0 Å². The van der Waals surface area contributed by atoms with Crippen molar-refractivity contribution in [3.8, 4) is 0 Å². The largest absolute Gasteiger partial charge is 0.365 e. The number of hydrogen-bond acceptors (Lipinski definition) is 6. The molecule has 0 unspecified atom stereocenters. The highest BCUT2D eigenvalue weighted by atomic mass is 16.1. The molecule has 6 N–H and O–H groups in total. The maximum Gasteiger partial charge on any atom is 0.254 e. The van der Waals surface area contributed by atoms with E-state index in [9.17, 15) is 4.79 Å². The summed E-state index contributed by atoms with van der Waals surface area (Å²) in [7, 11) is 0. The molecular formula is C18H24N6O. The maximum absolute atomic E-state index is 11.7. The fourth-order valence-electron chi connectivity index (χ4n) is 3.03. The van der Waals surface area contributed by atoms with Crippen LogP contribution in [-0.4, -0.2) is 28.0 Å². The van der Waals surface area contributed by atoms with E-state index in [1.807, 2.05) is 31.2 Å². The van der Waals surface area contributed by atoms with Crippen molar-refractivity contribution < 1.29 is 4.79 Å². The maximum atomic E-state index is 11.7. The molecular weight excluding hydrogens is 316 g/mol. The molecule has 1 aliphatic rings. The Morgan fingerprint density at radius 2 is 2.00 bits per heavy atom. The van der Waals surface area contributed by atoms with Crippen molar-refractivity contribution in [2.75, 3.05) is 10.6 Å². The number of rotatable bonds is 5. The minimum atomic E-state index is -0.564. The Morgan fingerprint density at radius 1 is 1.24 bits per heavy atom. The van der Waals surface area contributed by atoms with Gasteiger partial charge >= 0.3 is 0 Å². The van der Waals surface area contributed by atoms with E-state index in [1.165, 1.54) is 6.20 Å². The summed E-state index contributed by atoms with van der Waals surface area (Å²) < 4.78 is 0. The van der Waals surface area contributed by atoms with E-state index >= 15 is 0 Å². The third-order valence-electron chi connectivity index (χ3n) is 4.44. The molecule has 0 aliphatic heterocycles. The Labute approximate surface area is 147 Å². The number of carbonyl (C=O) groups excluding carboxylic acids is 1. The van der Waals surface area contributed by atoms with Crippen LogP contribution in [0.5, 0.6) is 0 Å². The molecule has 7 nitrogen and oxygen atoms in total. The van der Waals surface area contributed by atoms with Crippen molar-refractivity contribution in [2.45, 2.75) is 44.7 Å². The number of nitrogens with one attached hydrogen (secondary N) is 2. The van der Waals surface area contributed by atoms with Gasteiger partial charge < -0.3 is 22.1 Å². The number of aromatic nitrogens is 2. The topological polar surface area (TPSA) is 119 Å². The van der Waals surface area contributed by atoms with Crippen LogP contribution in [-0.2, 0) is 0 Å². The van der Waals surface area contributed by atoms with Crippen molar-refractivity contribution in [1.29, 1.82) is 0 Å². The number of aryl methyl sites for hydroxylation is 1. The molecule has 0 spiro atoms. The van der Waals surface area contributed by atoms with Crippen molar-refractivity contribution in [1.82, 2.24) is 9.97 Å². The molecule has 0 radical (unpaired) electrons. The van der Waals surface area contributed by atoms with Crippen LogP contribution in [0.2, 0.25) is 0 Å². The molecule has 132 valence electrons. The summed E-state index contributed by atoms with van der Waals surface area (Å²) in [4.78, 5) is 20.4. The zero-order chi connectivity index (χ0) is 17.8. The first-order valence-corrected chi connectivity index (χ1v) is 8.54. The Balaban J connectivity index is 1.80. The first-order valence-electron chi connectivity index (χ1n) is 8.54. The second kappa shape index (κ2) is 7.48. The zero-order valence-corrected chi connectivity index (χ0v) is 14.3. The monoisotopic (exact) mass is 340 g/mol. The van der Waals surface area contributed by atoms with E-state index in [0.29, 0.717) is 17.8 Å². The number of primary amides is 1. The van der Waals surface area contributed by atoms with E-state index in [4.69, 9.17) is 11.5 Å². The first kappa shape index (κ1) is 17.2. The van der Waals surface area contributed by atoms with Gasteiger partial charge in [-0.3, -0.25) is 4.79 Å². The van der Waals surface area contributed by atoms with E-state index in [0.717, 1.165) is 36.9 Å². The van der Waals surface area contributed by atoms with E-state index in [2.05, 4.69) is 20.6 Å². The standard InChI is InChI=1S/C18H24N6O/c1-11-3-2-4-14(9-11)22-17-15(16(20)25)10-21-18(24-17)23-13-7-5-12(19)6-8-13/h2-4,9-10,12-13H,5-8,19H2,1H3,(H2,20,25)(H2,21,22,23,24)/t12-,13+. The number of nitrogens with two attached hydrogens (primary N) is 2. The van der Waals surface area contributed by atoms with Crippen molar-refractivity contribution in [2.24, 2.45) is 11.5 Å². The molecule has 1 aromatic heterocycles. The SMILES string of the molecule is Cc1cccc(Nc2nc(N[C@H]3CC[C@@H](N)CC3)ncc2C(N)=O)c1. The molecule has 0 saturated heterocycles. The average molecular weight is 340 g/mol. The van der Waals surface area contributed by atoms with Crippen molar-refractivity contribution in [3.05, 3.63) is 41.6 Å². The molecule has 25 heavy (non-hydrogen) atoms. The van der Waals surface area contributed by atoms with Gasteiger partial charge in [-0.25, -0.2) is 4.98 Å². The Kier molecular flexibility index (Phi) is 5.14. The zero-order valence-electron chi connectivity index (χ0n) is 14.3. The fraction of sp³-hybridized carbons (Fsp3) is 0.389. The van der Waals surface area contributed by atoms with Gasteiger partial charge in [0, 0.05) is 24.0 Å². The van der Waals surface area contributed by atoms with Gasteiger partial charge in [0.1, 0.15) is 11.4 Å². The Hall–Kier alpha value is -2.67. The highest BCUT2D eigenvalue weighted by Crippen LogP contribution is 2.23. The van der Waals surface area contributed by atoms with Crippen LogP contribution in [0.3, 0.4) is 0 Å². The Morgan fingerprint density at radius 3 is 2.68 bits per heavy atom. The molecule has 1 amide bonds. The van der Waals surface area contributed by atoms with Gasteiger partial charge in [0.2, 0.25) is 5.95 Å². The molecule has 3 rings (SSSR count). The summed E-state index contributed by atoms with van der Waals surface area (Å²) in [6.07, 6.45) is 5.42. The van der Waals surface area contributed by atoms with Crippen LogP contribution < -0.4 is 22.1 Å². The van der Waals surface area contributed by atoms with Gasteiger partial charge in [-0.05, 0) is 50.3 Å². The molecule has 1 aliphatic carbocycles. The lowest BCUT2D eigenvalue weighted by Crippen LogP contribution is -2.33. The summed E-state index contributed by atoms with van der Waals surface area (Å²) in [6, 6.07) is 8.41. The summed E-state index contributed by atoms with van der Waals surface area (Å²) in [5, 5.41) is 6.50. The molecule has 2 aromatic rings. The number of benzene rings is 1. The molecule has 7 heteroatoms. The predicted octanol–water partition coefficient (Wildman–Crippen LogP) is 2.31. The number of hydrogen-bond donors (Lipinski definition) is 4. The lowest BCUT2D eigenvalue weighted by molar-refractivity contribution is 0.100. The van der Waals surface area contributed by atoms with Crippen molar-refractivity contribution >= 4 is 23.4 Å². The van der Waals surface area contributed by atoms with E-state index in [1.54, 1.807) is 0 Å². The predicted molar refractivity (Wildman–Crippen MR) is 98.9 cm³/mol. The summed E-state index contributed by atoms with van der Waals surface area (Å²) >= 11 is 0. The highest BCUT2D eigenvalue weighted by molar-refractivity contribution is 5.98. The van der Waals surface area contributed by atoms with E-state index in [-0.39, 0.29) is 11.6 Å². The second-order valence-electron chi connectivity index (χ2n) is 6.57. The van der Waals surface area contributed by atoms with Gasteiger partial charge in [-0.15, -0.1) is 0 Å². The molecule has 1 fully saturated rings. The summed E-state index contributed by atoms with van der Waals surface area (Å²) in [6.45, 7) is 2.00. The minimum absolute atomic E-state index is 0.262. The van der Waals surface area contributed by atoms with Gasteiger partial charge in [0.25, 0.3) is 5.91 Å². The average Bonchev–Trinajstić information content (AvgIpc) is 2.57. The number of amides is 1. The smallest absolute Gasteiger partial charge is 0.254 e. The number of nitrogens with zero attached hydrogens (tertiary/aromatic N) is 2. The molecule has 1 heterocycles. The Bertz CT molecular complexity index is 755. The number of carbonyl (C=O) groups is 1. The third-order valence-corrected chi connectivity index (χ3v) is 4.44. The second-order valence-corrected chi connectivity index (χ2v) is 6.57. The normalized spacial score (nSPS) is 20.1. The van der Waals surface area contributed by atoms with Gasteiger partial charge in [0.05, 0.1) is 0 Å². The lowest BCUT2D eigenvalue weighted by atomic mass is 9.92. The molecule has 0 bridgehead atoms. The molecule has 1 saturated carbocycles. The number of anilines is 3. The van der Waals surface area contributed by atoms with Crippen molar-refractivity contribution in [3.63, 3.8) is 0 Å². The summed E-state index contributed by atoms with van der Waals surface area (Å²) in [5.74, 6) is 0.328. The van der Waals surface area contributed by atoms with E-state index < -0.39 is 5.91 Å². The first-order chi connectivity index (χ1) is 12.0. The third kappa shape index (κ3) is 4.45. The quantitative estimate of drug-likeness (QED) is 0.663. The lowest BCUT2D eigenvalue weighted by Gasteiger charge is -2.26. The summed E-state index contributed by atoms with van der Waals surface area (Å²) in [5.41, 5.74) is 13.6. The van der Waals surface area contributed by atoms with Crippen LogP contribution in [0.25, 0.3) is 0 Å². The van der Waals surface area contributed by atoms with Gasteiger partial charge in [-0.2, -0.15) is 4.98 Å². The minimum Gasteiger partial charge on any atom is -0.365 e. The van der Waals surface area contributed by atoms with Crippen LogP contribution in [0.1, 0.15) is 41.6 Å². The molecule has 0 atom stereocenters. The van der Waals surface area contributed by atoms with Crippen LogP contribution >= 0.6 is 0 Å². The van der Waals surface area contributed by atoms with Crippen LogP contribution in [0, 0.1) is 6.92 Å².